The van der Waals surface area contributed by atoms with Gasteiger partial charge in [-0.25, -0.2) is 0 Å². The van der Waals surface area contributed by atoms with Crippen LogP contribution in [0.15, 0.2) is 24.5 Å². The summed E-state index contributed by atoms with van der Waals surface area (Å²) in [5, 5.41) is 8.72. The van der Waals surface area contributed by atoms with E-state index in [0.717, 1.165) is 24.5 Å². The standard InChI is InChI=1S/C12H16ClN5/c1-3-18(8-10-7-17(2)16-15-10)9-12-11(13)5-4-6-14-12/h4-7H,3,8-9H2,1-2H3. The smallest absolute Gasteiger partial charge is 0.0967 e. The molecule has 0 spiro atoms. The van der Waals surface area contributed by atoms with Gasteiger partial charge in [-0.05, 0) is 18.7 Å². The molecule has 18 heavy (non-hydrogen) atoms. The highest BCUT2D eigenvalue weighted by molar-refractivity contribution is 6.31. The average molecular weight is 266 g/mol. The Morgan fingerprint density at radius 1 is 1.39 bits per heavy atom. The number of hydrogen-bond acceptors (Lipinski definition) is 4. The van der Waals surface area contributed by atoms with Crippen LogP contribution in [0.25, 0.3) is 0 Å². The third-order valence-corrected chi connectivity index (χ3v) is 3.04. The maximum atomic E-state index is 6.11. The molecule has 0 aliphatic carbocycles. The SMILES string of the molecule is CCN(Cc1cn(C)nn1)Cc1ncccc1Cl. The molecule has 0 saturated heterocycles. The van der Waals surface area contributed by atoms with Crippen LogP contribution in [0.5, 0.6) is 0 Å². The van der Waals surface area contributed by atoms with Gasteiger partial charge in [-0.1, -0.05) is 23.7 Å². The van der Waals surface area contributed by atoms with Crippen molar-refractivity contribution >= 4 is 11.6 Å². The Morgan fingerprint density at radius 3 is 2.83 bits per heavy atom. The van der Waals surface area contributed by atoms with Crippen molar-refractivity contribution < 1.29 is 0 Å². The lowest BCUT2D eigenvalue weighted by molar-refractivity contribution is 0.265. The molecule has 0 fully saturated rings. The maximum Gasteiger partial charge on any atom is 0.0967 e. The van der Waals surface area contributed by atoms with E-state index in [0.29, 0.717) is 11.6 Å². The van der Waals surface area contributed by atoms with Crippen LogP contribution in [0.1, 0.15) is 18.3 Å². The molecule has 2 rings (SSSR count). The summed E-state index contributed by atoms with van der Waals surface area (Å²) in [6.07, 6.45) is 3.68. The van der Waals surface area contributed by atoms with Gasteiger partial charge >= 0.3 is 0 Å². The van der Waals surface area contributed by atoms with Crippen molar-refractivity contribution in [3.05, 3.63) is 40.9 Å². The first-order chi connectivity index (χ1) is 8.69. The van der Waals surface area contributed by atoms with Gasteiger partial charge in [0.15, 0.2) is 0 Å². The molecule has 2 aromatic rings. The van der Waals surface area contributed by atoms with Crippen LogP contribution in [-0.2, 0) is 20.1 Å². The Morgan fingerprint density at radius 2 is 2.22 bits per heavy atom. The Hall–Kier alpha value is -1.46. The highest BCUT2D eigenvalue weighted by Gasteiger charge is 2.10. The summed E-state index contributed by atoms with van der Waals surface area (Å²) in [6.45, 7) is 4.47. The van der Waals surface area contributed by atoms with Crippen molar-refractivity contribution in [2.75, 3.05) is 6.54 Å². The number of hydrogen-bond donors (Lipinski definition) is 0. The first-order valence-corrected chi connectivity index (χ1v) is 6.23. The first kappa shape index (κ1) is 13.0. The van der Waals surface area contributed by atoms with Crippen LogP contribution in [0.3, 0.4) is 0 Å². The summed E-state index contributed by atoms with van der Waals surface area (Å²) >= 11 is 6.11. The summed E-state index contributed by atoms with van der Waals surface area (Å²) in [5.41, 5.74) is 1.84. The van der Waals surface area contributed by atoms with Gasteiger partial charge in [0.05, 0.1) is 16.4 Å². The van der Waals surface area contributed by atoms with Crippen LogP contribution < -0.4 is 0 Å². The molecule has 0 aromatic carbocycles. The van der Waals surface area contributed by atoms with Crippen molar-refractivity contribution in [3.8, 4) is 0 Å². The fraction of sp³-hybridized carbons (Fsp3) is 0.417. The molecule has 0 radical (unpaired) electrons. The summed E-state index contributed by atoms with van der Waals surface area (Å²) in [5.74, 6) is 0. The molecule has 0 aliphatic heterocycles. The number of aryl methyl sites for hydroxylation is 1. The largest absolute Gasteiger partial charge is 0.292 e. The summed E-state index contributed by atoms with van der Waals surface area (Å²) in [4.78, 5) is 6.52. The van der Waals surface area contributed by atoms with Gasteiger partial charge < -0.3 is 0 Å². The van der Waals surface area contributed by atoms with E-state index >= 15 is 0 Å². The minimum Gasteiger partial charge on any atom is -0.292 e. The van der Waals surface area contributed by atoms with Gasteiger partial charge in [0.2, 0.25) is 0 Å². The van der Waals surface area contributed by atoms with Crippen LogP contribution in [0.2, 0.25) is 5.02 Å². The van der Waals surface area contributed by atoms with E-state index in [1.807, 2.05) is 25.4 Å². The highest BCUT2D eigenvalue weighted by atomic mass is 35.5. The van der Waals surface area contributed by atoms with Crippen molar-refractivity contribution in [2.24, 2.45) is 7.05 Å². The Kier molecular flexibility index (Phi) is 4.28. The van der Waals surface area contributed by atoms with Gasteiger partial charge in [-0.2, -0.15) is 0 Å². The molecule has 0 saturated carbocycles. The van der Waals surface area contributed by atoms with E-state index in [4.69, 9.17) is 11.6 Å². The second kappa shape index (κ2) is 5.93. The normalized spacial score (nSPS) is 11.1. The lowest BCUT2D eigenvalue weighted by atomic mass is 10.3. The molecule has 0 aliphatic rings. The highest BCUT2D eigenvalue weighted by Crippen LogP contribution is 2.15. The zero-order valence-corrected chi connectivity index (χ0v) is 11.3. The van der Waals surface area contributed by atoms with Gasteiger partial charge in [0.25, 0.3) is 0 Å². The van der Waals surface area contributed by atoms with Crippen LogP contribution in [0.4, 0.5) is 0 Å². The number of pyridine rings is 1. The minimum atomic E-state index is 0.704. The van der Waals surface area contributed by atoms with Gasteiger partial charge in [-0.3, -0.25) is 14.6 Å². The topological polar surface area (TPSA) is 46.8 Å². The molecule has 0 atom stereocenters. The van der Waals surface area contributed by atoms with Crippen molar-refractivity contribution in [1.82, 2.24) is 24.9 Å². The van der Waals surface area contributed by atoms with E-state index in [-0.39, 0.29) is 0 Å². The van der Waals surface area contributed by atoms with Gasteiger partial charge in [-0.15, -0.1) is 5.10 Å². The number of aromatic nitrogens is 4. The minimum absolute atomic E-state index is 0.704. The number of halogens is 1. The molecule has 6 heteroatoms. The second-order valence-corrected chi connectivity index (χ2v) is 4.53. The number of rotatable bonds is 5. The molecule has 0 amide bonds. The Balaban J connectivity index is 2.04. The third-order valence-electron chi connectivity index (χ3n) is 2.69. The molecular weight excluding hydrogens is 250 g/mol. The zero-order valence-electron chi connectivity index (χ0n) is 10.5. The van der Waals surface area contributed by atoms with Crippen molar-refractivity contribution in [2.45, 2.75) is 20.0 Å². The van der Waals surface area contributed by atoms with Crippen LogP contribution in [0, 0.1) is 0 Å². The van der Waals surface area contributed by atoms with Crippen LogP contribution >= 0.6 is 11.6 Å². The summed E-state index contributed by atoms with van der Waals surface area (Å²) < 4.78 is 1.71. The Labute approximate surface area is 111 Å². The lowest BCUT2D eigenvalue weighted by Crippen LogP contribution is -2.23. The second-order valence-electron chi connectivity index (χ2n) is 4.12. The van der Waals surface area contributed by atoms with E-state index in [1.165, 1.54) is 0 Å². The lowest BCUT2D eigenvalue weighted by Gasteiger charge is -2.18. The molecule has 2 aromatic heterocycles. The molecule has 0 N–H and O–H groups in total. The predicted octanol–water partition coefficient (Wildman–Crippen LogP) is 1.89. The monoisotopic (exact) mass is 265 g/mol. The van der Waals surface area contributed by atoms with E-state index in [2.05, 4.69) is 27.1 Å². The number of nitrogens with zero attached hydrogens (tertiary/aromatic N) is 5. The third kappa shape index (κ3) is 3.27. The fourth-order valence-electron chi connectivity index (χ4n) is 1.72. The molecule has 0 bridgehead atoms. The molecule has 96 valence electrons. The maximum absolute atomic E-state index is 6.11. The van der Waals surface area contributed by atoms with E-state index < -0.39 is 0 Å². The van der Waals surface area contributed by atoms with E-state index in [9.17, 15) is 0 Å². The molecular formula is C12H16ClN5. The van der Waals surface area contributed by atoms with Gasteiger partial charge in [0.1, 0.15) is 0 Å². The molecule has 2 heterocycles. The Bertz CT molecular complexity index is 511. The van der Waals surface area contributed by atoms with Crippen molar-refractivity contribution in [1.29, 1.82) is 0 Å². The summed E-state index contributed by atoms with van der Waals surface area (Å²) in [7, 11) is 1.86. The average Bonchev–Trinajstić information content (AvgIpc) is 2.76. The summed E-state index contributed by atoms with van der Waals surface area (Å²) in [6, 6.07) is 3.70. The predicted molar refractivity (Wildman–Crippen MR) is 70.0 cm³/mol. The van der Waals surface area contributed by atoms with Gasteiger partial charge in [0, 0.05) is 32.5 Å². The van der Waals surface area contributed by atoms with Crippen molar-refractivity contribution in [3.63, 3.8) is 0 Å². The fourth-order valence-corrected chi connectivity index (χ4v) is 1.90. The quantitative estimate of drug-likeness (QED) is 0.828. The molecule has 5 nitrogen and oxygen atoms in total. The van der Waals surface area contributed by atoms with Crippen LogP contribution in [-0.4, -0.2) is 31.4 Å². The first-order valence-electron chi connectivity index (χ1n) is 5.86. The van der Waals surface area contributed by atoms with E-state index in [1.54, 1.807) is 10.9 Å². The molecule has 0 unspecified atom stereocenters. The zero-order chi connectivity index (χ0) is 13.0.